The summed E-state index contributed by atoms with van der Waals surface area (Å²) >= 11 is 0. The first-order chi connectivity index (χ1) is 10.2. The summed E-state index contributed by atoms with van der Waals surface area (Å²) in [6, 6.07) is 7.33. The number of carbonyl (C=O) groups is 1. The first-order valence-electron chi connectivity index (χ1n) is 7.38. The average molecular weight is 295 g/mol. The van der Waals surface area contributed by atoms with Crippen LogP contribution in [0.25, 0.3) is 0 Å². The van der Waals surface area contributed by atoms with Crippen molar-refractivity contribution in [2.45, 2.75) is 26.2 Å². The number of likely N-dealkylation sites (N-methyl/N-ethyl adjacent to an activating group) is 1. The van der Waals surface area contributed by atoms with Crippen molar-refractivity contribution < 1.29 is 19.4 Å². The van der Waals surface area contributed by atoms with Crippen molar-refractivity contribution in [2.75, 3.05) is 33.4 Å². The molecule has 1 rings (SSSR count). The predicted octanol–water partition coefficient (Wildman–Crippen LogP) is 2.09. The second kappa shape index (κ2) is 10.0. The maximum atomic E-state index is 12.0. The molecule has 0 bridgehead atoms. The Labute approximate surface area is 126 Å². The summed E-state index contributed by atoms with van der Waals surface area (Å²) in [5.41, 5.74) is 0. The molecule has 118 valence electrons. The van der Waals surface area contributed by atoms with E-state index in [1.807, 2.05) is 25.1 Å². The van der Waals surface area contributed by atoms with Gasteiger partial charge in [0.2, 0.25) is 0 Å². The summed E-state index contributed by atoms with van der Waals surface area (Å²) in [4.78, 5) is 13.6. The second-order valence-electron chi connectivity index (χ2n) is 4.77. The van der Waals surface area contributed by atoms with E-state index in [1.165, 1.54) is 0 Å². The lowest BCUT2D eigenvalue weighted by Gasteiger charge is -2.18. The zero-order valence-corrected chi connectivity index (χ0v) is 12.9. The van der Waals surface area contributed by atoms with Crippen molar-refractivity contribution in [3.63, 3.8) is 0 Å². The van der Waals surface area contributed by atoms with Crippen molar-refractivity contribution in [2.24, 2.45) is 0 Å². The molecule has 0 saturated heterocycles. The molecule has 1 amide bonds. The van der Waals surface area contributed by atoms with Gasteiger partial charge in [0.25, 0.3) is 5.91 Å². The number of nitrogens with zero attached hydrogens (tertiary/aromatic N) is 1. The molecular weight excluding hydrogens is 270 g/mol. The fourth-order valence-electron chi connectivity index (χ4n) is 1.86. The largest absolute Gasteiger partial charge is 0.490 e. The van der Waals surface area contributed by atoms with Gasteiger partial charge in [-0.05, 0) is 38.3 Å². The van der Waals surface area contributed by atoms with Gasteiger partial charge < -0.3 is 19.5 Å². The van der Waals surface area contributed by atoms with E-state index in [0.717, 1.165) is 19.3 Å². The van der Waals surface area contributed by atoms with Crippen LogP contribution in [-0.4, -0.2) is 49.3 Å². The van der Waals surface area contributed by atoms with E-state index in [9.17, 15) is 4.79 Å². The number of hydrogen-bond acceptors (Lipinski definition) is 4. The van der Waals surface area contributed by atoms with Gasteiger partial charge in [0.1, 0.15) is 0 Å². The van der Waals surface area contributed by atoms with Crippen LogP contribution in [0.2, 0.25) is 0 Å². The second-order valence-corrected chi connectivity index (χ2v) is 4.77. The lowest BCUT2D eigenvalue weighted by molar-refractivity contribution is -0.132. The minimum Gasteiger partial charge on any atom is -0.490 e. The Morgan fingerprint density at radius 1 is 1.14 bits per heavy atom. The van der Waals surface area contributed by atoms with E-state index in [4.69, 9.17) is 14.6 Å². The smallest absolute Gasteiger partial charge is 0.260 e. The van der Waals surface area contributed by atoms with Crippen molar-refractivity contribution in [1.29, 1.82) is 0 Å². The van der Waals surface area contributed by atoms with Crippen molar-refractivity contribution in [3.8, 4) is 11.5 Å². The predicted molar refractivity (Wildman–Crippen MR) is 81.7 cm³/mol. The SMILES string of the molecule is CCOc1ccccc1OCC(=O)N(C)CCCCCO. The molecule has 0 radical (unpaired) electrons. The summed E-state index contributed by atoms with van der Waals surface area (Å²) in [5.74, 6) is 1.17. The van der Waals surface area contributed by atoms with E-state index in [1.54, 1.807) is 18.0 Å². The number of unbranched alkanes of at least 4 members (excludes halogenated alkanes) is 2. The van der Waals surface area contributed by atoms with E-state index < -0.39 is 0 Å². The molecule has 5 nitrogen and oxygen atoms in total. The van der Waals surface area contributed by atoms with Gasteiger partial charge in [0.05, 0.1) is 6.61 Å². The minimum absolute atomic E-state index is 0.000583. The molecule has 1 aromatic rings. The number of benzene rings is 1. The summed E-state index contributed by atoms with van der Waals surface area (Å²) in [5, 5.41) is 8.71. The van der Waals surface area contributed by atoms with E-state index in [2.05, 4.69) is 0 Å². The quantitative estimate of drug-likeness (QED) is 0.671. The molecule has 21 heavy (non-hydrogen) atoms. The van der Waals surface area contributed by atoms with Gasteiger partial charge in [-0.1, -0.05) is 12.1 Å². The molecule has 0 heterocycles. The summed E-state index contributed by atoms with van der Waals surface area (Å²) in [6.45, 7) is 3.34. The third-order valence-electron chi connectivity index (χ3n) is 3.08. The molecule has 0 unspecified atom stereocenters. The molecular formula is C16H25NO4. The molecule has 1 N–H and O–H groups in total. The van der Waals surface area contributed by atoms with Crippen LogP contribution in [0.15, 0.2) is 24.3 Å². The number of para-hydroxylation sites is 2. The number of carbonyl (C=O) groups excluding carboxylic acids is 1. The van der Waals surface area contributed by atoms with E-state index >= 15 is 0 Å². The lowest BCUT2D eigenvalue weighted by Crippen LogP contribution is -2.32. The Bertz CT molecular complexity index is 422. The monoisotopic (exact) mass is 295 g/mol. The molecule has 1 aromatic carbocycles. The molecule has 0 fully saturated rings. The molecule has 0 aliphatic carbocycles. The van der Waals surface area contributed by atoms with Crippen LogP contribution in [0.1, 0.15) is 26.2 Å². The van der Waals surface area contributed by atoms with Crippen LogP contribution in [0.4, 0.5) is 0 Å². The van der Waals surface area contributed by atoms with Crippen molar-refractivity contribution >= 4 is 5.91 Å². The molecule has 0 aliphatic heterocycles. The number of aliphatic hydroxyl groups is 1. The van der Waals surface area contributed by atoms with E-state index in [-0.39, 0.29) is 19.1 Å². The van der Waals surface area contributed by atoms with Gasteiger partial charge in [-0.2, -0.15) is 0 Å². The first kappa shape index (κ1) is 17.3. The van der Waals surface area contributed by atoms with Gasteiger partial charge in [0, 0.05) is 20.2 Å². The summed E-state index contributed by atoms with van der Waals surface area (Å²) in [6.07, 6.45) is 2.58. The van der Waals surface area contributed by atoms with Crippen LogP contribution in [0, 0.1) is 0 Å². The maximum absolute atomic E-state index is 12.0. The molecule has 0 aliphatic rings. The Hall–Kier alpha value is -1.75. The van der Waals surface area contributed by atoms with Crippen molar-refractivity contribution in [3.05, 3.63) is 24.3 Å². The molecule has 0 atom stereocenters. The number of amides is 1. The molecule has 0 spiro atoms. The zero-order valence-electron chi connectivity index (χ0n) is 12.9. The highest BCUT2D eigenvalue weighted by molar-refractivity contribution is 5.77. The van der Waals surface area contributed by atoms with Gasteiger partial charge in [-0.3, -0.25) is 4.79 Å². The fraction of sp³-hybridized carbons (Fsp3) is 0.562. The number of aliphatic hydroxyl groups excluding tert-OH is 1. The minimum atomic E-state index is -0.0645. The number of rotatable bonds is 10. The highest BCUT2D eigenvalue weighted by atomic mass is 16.5. The Balaban J connectivity index is 2.38. The highest BCUT2D eigenvalue weighted by Crippen LogP contribution is 2.26. The van der Waals surface area contributed by atoms with Crippen LogP contribution in [0.5, 0.6) is 11.5 Å². The molecule has 5 heteroatoms. The third kappa shape index (κ3) is 6.49. The Kier molecular flexibility index (Phi) is 8.28. The average Bonchev–Trinajstić information content (AvgIpc) is 2.50. The van der Waals surface area contributed by atoms with Crippen LogP contribution in [0.3, 0.4) is 0 Å². The first-order valence-corrected chi connectivity index (χ1v) is 7.38. The Morgan fingerprint density at radius 3 is 2.43 bits per heavy atom. The van der Waals surface area contributed by atoms with Gasteiger partial charge in [-0.25, -0.2) is 0 Å². The summed E-state index contributed by atoms with van der Waals surface area (Å²) < 4.78 is 11.0. The van der Waals surface area contributed by atoms with Gasteiger partial charge in [0.15, 0.2) is 18.1 Å². The maximum Gasteiger partial charge on any atom is 0.260 e. The highest BCUT2D eigenvalue weighted by Gasteiger charge is 2.11. The van der Waals surface area contributed by atoms with Crippen LogP contribution >= 0.6 is 0 Å². The zero-order chi connectivity index (χ0) is 15.5. The normalized spacial score (nSPS) is 10.2. The molecule has 0 saturated carbocycles. The van der Waals surface area contributed by atoms with Crippen LogP contribution in [-0.2, 0) is 4.79 Å². The van der Waals surface area contributed by atoms with Gasteiger partial charge in [-0.15, -0.1) is 0 Å². The van der Waals surface area contributed by atoms with Crippen LogP contribution < -0.4 is 9.47 Å². The third-order valence-corrected chi connectivity index (χ3v) is 3.08. The molecule has 0 aromatic heterocycles. The summed E-state index contributed by atoms with van der Waals surface area (Å²) in [7, 11) is 1.76. The topological polar surface area (TPSA) is 59.0 Å². The van der Waals surface area contributed by atoms with Gasteiger partial charge >= 0.3 is 0 Å². The van der Waals surface area contributed by atoms with E-state index in [0.29, 0.717) is 24.7 Å². The number of hydrogen-bond donors (Lipinski definition) is 1. The number of ether oxygens (including phenoxy) is 2. The fourth-order valence-corrected chi connectivity index (χ4v) is 1.86. The lowest BCUT2D eigenvalue weighted by atomic mass is 10.2. The standard InChI is InChI=1S/C16H25NO4/c1-3-20-14-9-5-6-10-15(14)21-13-16(19)17(2)11-7-4-8-12-18/h5-6,9-10,18H,3-4,7-8,11-13H2,1-2H3. The Morgan fingerprint density at radius 2 is 1.81 bits per heavy atom. The van der Waals surface area contributed by atoms with Crippen molar-refractivity contribution in [1.82, 2.24) is 4.90 Å².